The van der Waals surface area contributed by atoms with Crippen molar-refractivity contribution in [2.24, 2.45) is 0 Å². The number of aromatic nitrogens is 3. The number of nitrogens with zero attached hydrogens (tertiary/aromatic N) is 3. The summed E-state index contributed by atoms with van der Waals surface area (Å²) in [7, 11) is 0. The fourth-order valence-corrected chi connectivity index (χ4v) is 1.60. The van der Waals surface area contributed by atoms with Crippen LogP contribution in [0.1, 0.15) is 24.2 Å². The Hall–Kier alpha value is -2.30. The van der Waals surface area contributed by atoms with Crippen molar-refractivity contribution >= 4 is 12.1 Å². The van der Waals surface area contributed by atoms with E-state index in [4.69, 9.17) is 0 Å². The van der Waals surface area contributed by atoms with E-state index in [2.05, 4.69) is 20.3 Å². The Morgan fingerprint density at radius 3 is 2.56 bits per heavy atom. The summed E-state index contributed by atoms with van der Waals surface area (Å²) in [6.07, 6.45) is 5.61. The molecule has 0 unspecified atom stereocenters. The fraction of sp³-hybridized carbons (Fsp3) is 0.231. The Balaban J connectivity index is 2.53. The van der Waals surface area contributed by atoms with E-state index in [9.17, 15) is 4.79 Å². The van der Waals surface area contributed by atoms with Gasteiger partial charge in [0.05, 0.1) is 0 Å². The van der Waals surface area contributed by atoms with Gasteiger partial charge in [0.2, 0.25) is 0 Å². The highest BCUT2D eigenvalue weighted by atomic mass is 16.1. The van der Waals surface area contributed by atoms with Crippen LogP contribution in [0.5, 0.6) is 0 Å². The smallest absolute Gasteiger partial charge is 0.154 e. The molecule has 0 atom stereocenters. The van der Waals surface area contributed by atoms with Gasteiger partial charge in [0, 0.05) is 30.2 Å². The SMILES string of the molecule is CC(C)Nc1nccnc1-c1ncccc1C=O. The van der Waals surface area contributed by atoms with Crippen LogP contribution in [0.2, 0.25) is 0 Å². The van der Waals surface area contributed by atoms with Gasteiger partial charge in [-0.15, -0.1) is 0 Å². The van der Waals surface area contributed by atoms with Gasteiger partial charge in [-0.1, -0.05) is 0 Å². The molecule has 2 heterocycles. The molecular formula is C13H14N4O. The average Bonchev–Trinajstić information content (AvgIpc) is 2.39. The monoisotopic (exact) mass is 242 g/mol. The van der Waals surface area contributed by atoms with Crippen molar-refractivity contribution in [2.75, 3.05) is 5.32 Å². The molecule has 0 aliphatic heterocycles. The molecule has 5 nitrogen and oxygen atoms in total. The van der Waals surface area contributed by atoms with Crippen LogP contribution in [0.15, 0.2) is 30.7 Å². The molecular weight excluding hydrogens is 228 g/mol. The van der Waals surface area contributed by atoms with Gasteiger partial charge in [-0.3, -0.25) is 9.78 Å². The molecule has 0 spiro atoms. The van der Waals surface area contributed by atoms with Crippen LogP contribution in [0.3, 0.4) is 0 Å². The summed E-state index contributed by atoms with van der Waals surface area (Å²) in [6, 6.07) is 3.66. The van der Waals surface area contributed by atoms with Gasteiger partial charge in [0.1, 0.15) is 11.4 Å². The molecule has 0 saturated carbocycles. The van der Waals surface area contributed by atoms with Crippen molar-refractivity contribution in [2.45, 2.75) is 19.9 Å². The Morgan fingerprint density at radius 1 is 1.11 bits per heavy atom. The van der Waals surface area contributed by atoms with Gasteiger partial charge >= 0.3 is 0 Å². The normalized spacial score (nSPS) is 10.4. The highest BCUT2D eigenvalue weighted by Crippen LogP contribution is 2.24. The zero-order valence-corrected chi connectivity index (χ0v) is 10.3. The number of rotatable bonds is 4. The second kappa shape index (κ2) is 5.35. The lowest BCUT2D eigenvalue weighted by Crippen LogP contribution is -2.13. The van der Waals surface area contributed by atoms with Crippen molar-refractivity contribution in [1.82, 2.24) is 15.0 Å². The first-order valence-electron chi connectivity index (χ1n) is 5.70. The van der Waals surface area contributed by atoms with Crippen molar-refractivity contribution in [3.63, 3.8) is 0 Å². The van der Waals surface area contributed by atoms with E-state index >= 15 is 0 Å². The number of hydrogen-bond acceptors (Lipinski definition) is 5. The quantitative estimate of drug-likeness (QED) is 0.832. The standard InChI is InChI=1S/C13H14N4O/c1-9(2)17-13-12(15-6-7-16-13)11-10(8-18)4-3-5-14-11/h3-9H,1-2H3,(H,16,17). The van der Waals surface area contributed by atoms with Crippen LogP contribution >= 0.6 is 0 Å². The molecule has 0 radical (unpaired) electrons. The molecule has 0 bridgehead atoms. The summed E-state index contributed by atoms with van der Waals surface area (Å²) in [5.41, 5.74) is 1.64. The largest absolute Gasteiger partial charge is 0.366 e. The van der Waals surface area contributed by atoms with Crippen molar-refractivity contribution in [1.29, 1.82) is 0 Å². The first-order chi connectivity index (χ1) is 8.72. The van der Waals surface area contributed by atoms with Crippen LogP contribution in [0, 0.1) is 0 Å². The third-order valence-electron chi connectivity index (χ3n) is 2.31. The third-order valence-corrected chi connectivity index (χ3v) is 2.31. The molecule has 5 heteroatoms. The molecule has 2 aromatic heterocycles. The van der Waals surface area contributed by atoms with Crippen molar-refractivity contribution < 1.29 is 4.79 Å². The average molecular weight is 242 g/mol. The van der Waals surface area contributed by atoms with Crippen LogP contribution < -0.4 is 5.32 Å². The number of carbonyl (C=O) groups excluding carboxylic acids is 1. The van der Waals surface area contributed by atoms with Gasteiger partial charge in [-0.25, -0.2) is 9.97 Å². The highest BCUT2D eigenvalue weighted by molar-refractivity contribution is 5.87. The number of hydrogen-bond donors (Lipinski definition) is 1. The molecule has 0 aliphatic carbocycles. The van der Waals surface area contributed by atoms with Crippen LogP contribution in [-0.2, 0) is 0 Å². The van der Waals surface area contributed by atoms with Crippen LogP contribution in [0.25, 0.3) is 11.4 Å². The molecule has 18 heavy (non-hydrogen) atoms. The zero-order chi connectivity index (χ0) is 13.0. The predicted octanol–water partition coefficient (Wildman–Crippen LogP) is 2.17. The third kappa shape index (κ3) is 2.51. The van der Waals surface area contributed by atoms with E-state index < -0.39 is 0 Å². The summed E-state index contributed by atoms with van der Waals surface area (Å²) in [4.78, 5) is 23.7. The number of anilines is 1. The molecule has 0 saturated heterocycles. The van der Waals surface area contributed by atoms with Crippen LogP contribution in [0.4, 0.5) is 5.82 Å². The number of pyridine rings is 1. The number of aldehydes is 1. The number of nitrogens with one attached hydrogen (secondary N) is 1. The Bertz CT molecular complexity index is 554. The first-order valence-corrected chi connectivity index (χ1v) is 5.70. The molecule has 0 fully saturated rings. The lowest BCUT2D eigenvalue weighted by molar-refractivity contribution is 0.112. The summed E-state index contributed by atoms with van der Waals surface area (Å²) in [5, 5.41) is 3.19. The summed E-state index contributed by atoms with van der Waals surface area (Å²) < 4.78 is 0. The Morgan fingerprint density at radius 2 is 1.83 bits per heavy atom. The van der Waals surface area contributed by atoms with Crippen molar-refractivity contribution in [3.05, 3.63) is 36.3 Å². The van der Waals surface area contributed by atoms with Gasteiger partial charge in [-0.2, -0.15) is 0 Å². The predicted molar refractivity (Wildman–Crippen MR) is 69.4 cm³/mol. The molecule has 0 aliphatic rings. The maximum atomic E-state index is 11.0. The fourth-order valence-electron chi connectivity index (χ4n) is 1.60. The summed E-state index contributed by atoms with van der Waals surface area (Å²) >= 11 is 0. The summed E-state index contributed by atoms with van der Waals surface area (Å²) in [5.74, 6) is 0.634. The maximum absolute atomic E-state index is 11.0. The topological polar surface area (TPSA) is 67.8 Å². The Kier molecular flexibility index (Phi) is 3.62. The molecule has 1 N–H and O–H groups in total. The van der Waals surface area contributed by atoms with E-state index in [1.165, 1.54) is 0 Å². The van der Waals surface area contributed by atoms with Gasteiger partial charge in [0.15, 0.2) is 12.1 Å². The van der Waals surface area contributed by atoms with E-state index in [1.54, 1.807) is 30.7 Å². The molecule has 92 valence electrons. The lowest BCUT2D eigenvalue weighted by atomic mass is 10.1. The summed E-state index contributed by atoms with van der Waals surface area (Å²) in [6.45, 7) is 4.02. The first kappa shape index (κ1) is 12.2. The minimum absolute atomic E-state index is 0.226. The molecule has 2 aromatic rings. The molecule has 0 amide bonds. The second-order valence-electron chi connectivity index (χ2n) is 4.11. The van der Waals surface area contributed by atoms with Crippen molar-refractivity contribution in [3.8, 4) is 11.4 Å². The molecule has 0 aromatic carbocycles. The highest BCUT2D eigenvalue weighted by Gasteiger charge is 2.13. The second-order valence-corrected chi connectivity index (χ2v) is 4.11. The lowest BCUT2D eigenvalue weighted by Gasteiger charge is -2.12. The van der Waals surface area contributed by atoms with E-state index in [0.29, 0.717) is 22.8 Å². The number of carbonyl (C=O) groups is 1. The minimum atomic E-state index is 0.226. The van der Waals surface area contributed by atoms with Gasteiger partial charge < -0.3 is 5.32 Å². The minimum Gasteiger partial charge on any atom is -0.366 e. The van der Waals surface area contributed by atoms with Gasteiger partial charge in [0.25, 0.3) is 0 Å². The van der Waals surface area contributed by atoms with E-state index in [-0.39, 0.29) is 6.04 Å². The van der Waals surface area contributed by atoms with E-state index in [0.717, 1.165) is 6.29 Å². The van der Waals surface area contributed by atoms with Crippen LogP contribution in [-0.4, -0.2) is 27.3 Å². The molecule has 2 rings (SSSR count). The zero-order valence-electron chi connectivity index (χ0n) is 10.3. The maximum Gasteiger partial charge on any atom is 0.154 e. The van der Waals surface area contributed by atoms with Gasteiger partial charge in [-0.05, 0) is 26.0 Å². The van der Waals surface area contributed by atoms with E-state index in [1.807, 2.05) is 13.8 Å². The Labute approximate surface area is 105 Å².